The van der Waals surface area contributed by atoms with E-state index >= 15 is 0 Å². The van der Waals surface area contributed by atoms with Crippen molar-refractivity contribution in [3.63, 3.8) is 0 Å². The fraction of sp³-hybridized carbons (Fsp3) is 0.143. The number of pyridine rings is 1. The van der Waals surface area contributed by atoms with Crippen LogP contribution in [-0.2, 0) is 11.3 Å². The van der Waals surface area contributed by atoms with Crippen LogP contribution in [-0.4, -0.2) is 17.4 Å². The summed E-state index contributed by atoms with van der Waals surface area (Å²) >= 11 is 11.8. The quantitative estimate of drug-likeness (QED) is 0.892. The number of benzene rings is 1. The molecule has 2 N–H and O–H groups in total. The van der Waals surface area contributed by atoms with Crippen molar-refractivity contribution in [2.75, 3.05) is 11.9 Å². The van der Waals surface area contributed by atoms with Gasteiger partial charge in [0.1, 0.15) is 0 Å². The molecule has 1 aromatic heterocycles. The first-order valence-corrected chi connectivity index (χ1v) is 6.76. The number of rotatable bonds is 5. The summed E-state index contributed by atoms with van der Waals surface area (Å²) in [5.74, 6) is -0.190. The molecule has 0 spiro atoms. The number of nitrogens with zero attached hydrogens (tertiary/aromatic N) is 1. The Kier molecular flexibility index (Phi) is 5.35. The van der Waals surface area contributed by atoms with Crippen molar-refractivity contribution in [2.45, 2.75) is 6.54 Å². The van der Waals surface area contributed by atoms with Crippen molar-refractivity contribution < 1.29 is 4.79 Å². The van der Waals surface area contributed by atoms with Gasteiger partial charge < -0.3 is 10.6 Å². The lowest BCUT2D eigenvalue weighted by Gasteiger charge is -2.08. The van der Waals surface area contributed by atoms with E-state index in [2.05, 4.69) is 15.6 Å². The van der Waals surface area contributed by atoms with Gasteiger partial charge in [0.15, 0.2) is 0 Å². The molecule has 0 saturated carbocycles. The molecule has 0 fully saturated rings. The molecular formula is C14H13Cl2N3O. The van der Waals surface area contributed by atoms with Gasteiger partial charge >= 0.3 is 0 Å². The predicted molar refractivity (Wildman–Crippen MR) is 81.0 cm³/mol. The van der Waals surface area contributed by atoms with Gasteiger partial charge in [0.2, 0.25) is 5.91 Å². The summed E-state index contributed by atoms with van der Waals surface area (Å²) in [6.07, 6.45) is 1.71. The van der Waals surface area contributed by atoms with Crippen LogP contribution in [0, 0.1) is 0 Å². The molecule has 2 aromatic rings. The van der Waals surface area contributed by atoms with E-state index in [1.54, 1.807) is 24.4 Å². The molecule has 1 amide bonds. The lowest BCUT2D eigenvalue weighted by molar-refractivity contribution is -0.115. The van der Waals surface area contributed by atoms with E-state index in [0.29, 0.717) is 22.3 Å². The van der Waals surface area contributed by atoms with Crippen molar-refractivity contribution in [2.24, 2.45) is 0 Å². The van der Waals surface area contributed by atoms with E-state index in [1.807, 2.05) is 18.2 Å². The highest BCUT2D eigenvalue weighted by molar-refractivity contribution is 6.35. The van der Waals surface area contributed by atoms with Crippen LogP contribution in [0.15, 0.2) is 42.6 Å². The van der Waals surface area contributed by atoms with Crippen LogP contribution < -0.4 is 10.6 Å². The minimum atomic E-state index is -0.190. The third-order valence-electron chi connectivity index (χ3n) is 2.52. The van der Waals surface area contributed by atoms with Gasteiger partial charge in [-0.1, -0.05) is 29.3 Å². The summed E-state index contributed by atoms with van der Waals surface area (Å²) < 4.78 is 0. The number of carbonyl (C=O) groups excluding carboxylic acids is 1. The predicted octanol–water partition coefficient (Wildman–Crippen LogP) is 3.12. The SMILES string of the molecule is O=C(CNCc1ccccn1)Nc1cc(Cl)ccc1Cl. The largest absolute Gasteiger partial charge is 0.324 e. The number of amides is 1. The average molecular weight is 310 g/mol. The highest BCUT2D eigenvalue weighted by atomic mass is 35.5. The zero-order chi connectivity index (χ0) is 14.4. The number of halogens is 2. The van der Waals surface area contributed by atoms with Crippen LogP contribution in [0.4, 0.5) is 5.69 Å². The molecule has 0 saturated heterocycles. The van der Waals surface area contributed by atoms with E-state index in [4.69, 9.17) is 23.2 Å². The summed E-state index contributed by atoms with van der Waals surface area (Å²) in [5, 5.41) is 6.68. The highest BCUT2D eigenvalue weighted by Gasteiger charge is 2.06. The summed E-state index contributed by atoms with van der Waals surface area (Å²) in [4.78, 5) is 15.9. The van der Waals surface area contributed by atoms with Crippen molar-refractivity contribution in [1.29, 1.82) is 0 Å². The van der Waals surface area contributed by atoms with Crippen molar-refractivity contribution in [1.82, 2.24) is 10.3 Å². The van der Waals surface area contributed by atoms with E-state index < -0.39 is 0 Å². The third kappa shape index (κ3) is 4.49. The van der Waals surface area contributed by atoms with Gasteiger partial charge in [0.25, 0.3) is 0 Å². The van der Waals surface area contributed by atoms with Gasteiger partial charge in [-0.25, -0.2) is 0 Å². The van der Waals surface area contributed by atoms with Crippen LogP contribution >= 0.6 is 23.2 Å². The van der Waals surface area contributed by atoms with Crippen LogP contribution in [0.2, 0.25) is 10.0 Å². The Hall–Kier alpha value is -1.62. The van der Waals surface area contributed by atoms with Crippen LogP contribution in [0.25, 0.3) is 0 Å². The number of carbonyl (C=O) groups is 1. The summed E-state index contributed by atoms with van der Waals surface area (Å²) in [7, 11) is 0. The first kappa shape index (κ1) is 14.8. The zero-order valence-corrected chi connectivity index (χ0v) is 12.1. The van der Waals surface area contributed by atoms with Crippen LogP contribution in [0.1, 0.15) is 5.69 Å². The van der Waals surface area contributed by atoms with Gasteiger partial charge in [0.05, 0.1) is 22.9 Å². The molecule has 104 valence electrons. The minimum Gasteiger partial charge on any atom is -0.324 e. The van der Waals surface area contributed by atoms with Gasteiger partial charge in [-0.15, -0.1) is 0 Å². The molecule has 0 radical (unpaired) electrons. The normalized spacial score (nSPS) is 10.3. The second kappa shape index (κ2) is 7.24. The molecule has 20 heavy (non-hydrogen) atoms. The molecule has 0 aliphatic heterocycles. The average Bonchev–Trinajstić information content (AvgIpc) is 2.44. The number of hydrogen-bond acceptors (Lipinski definition) is 3. The standard InChI is InChI=1S/C14H13Cl2N3O/c15-10-4-5-12(16)13(7-10)19-14(20)9-17-8-11-3-1-2-6-18-11/h1-7,17H,8-9H2,(H,19,20). The fourth-order valence-electron chi connectivity index (χ4n) is 1.59. The van der Waals surface area contributed by atoms with Crippen molar-refractivity contribution in [3.8, 4) is 0 Å². The summed E-state index contributed by atoms with van der Waals surface area (Å²) in [6.45, 7) is 0.691. The number of aromatic nitrogens is 1. The Bertz CT molecular complexity index is 590. The number of nitrogens with one attached hydrogen (secondary N) is 2. The lowest BCUT2D eigenvalue weighted by atomic mass is 10.3. The Labute approximate surface area is 127 Å². The first-order chi connectivity index (χ1) is 9.65. The molecule has 0 unspecified atom stereocenters. The Morgan fingerprint density at radius 2 is 2.05 bits per heavy atom. The third-order valence-corrected chi connectivity index (χ3v) is 3.09. The smallest absolute Gasteiger partial charge is 0.238 e. The number of anilines is 1. The van der Waals surface area contributed by atoms with Gasteiger partial charge in [-0.05, 0) is 30.3 Å². The Morgan fingerprint density at radius 3 is 2.80 bits per heavy atom. The topological polar surface area (TPSA) is 54.0 Å². The molecule has 0 aliphatic rings. The zero-order valence-electron chi connectivity index (χ0n) is 10.6. The molecule has 6 heteroatoms. The van der Waals surface area contributed by atoms with E-state index in [-0.39, 0.29) is 12.5 Å². The molecular weight excluding hydrogens is 297 g/mol. The molecule has 2 rings (SSSR count). The van der Waals surface area contributed by atoms with E-state index in [1.165, 1.54) is 0 Å². The molecule has 1 aromatic carbocycles. The molecule has 1 heterocycles. The monoisotopic (exact) mass is 309 g/mol. The molecule has 4 nitrogen and oxygen atoms in total. The molecule has 0 atom stereocenters. The van der Waals surface area contributed by atoms with Gasteiger partial charge in [-0.2, -0.15) is 0 Å². The second-order valence-corrected chi connectivity index (χ2v) is 4.94. The highest BCUT2D eigenvalue weighted by Crippen LogP contribution is 2.25. The Morgan fingerprint density at radius 1 is 1.20 bits per heavy atom. The maximum Gasteiger partial charge on any atom is 0.238 e. The first-order valence-electron chi connectivity index (χ1n) is 6.00. The second-order valence-electron chi connectivity index (χ2n) is 4.10. The van der Waals surface area contributed by atoms with Gasteiger partial charge in [0, 0.05) is 17.8 Å². The van der Waals surface area contributed by atoms with Crippen molar-refractivity contribution >= 4 is 34.8 Å². The van der Waals surface area contributed by atoms with Crippen LogP contribution in [0.3, 0.4) is 0 Å². The maximum atomic E-state index is 11.8. The maximum absolute atomic E-state index is 11.8. The minimum absolute atomic E-state index is 0.166. The van der Waals surface area contributed by atoms with E-state index in [9.17, 15) is 4.79 Å². The van der Waals surface area contributed by atoms with Crippen LogP contribution in [0.5, 0.6) is 0 Å². The lowest BCUT2D eigenvalue weighted by Crippen LogP contribution is -2.28. The van der Waals surface area contributed by atoms with Crippen molar-refractivity contribution in [3.05, 3.63) is 58.3 Å². The molecule has 0 aliphatic carbocycles. The molecule has 0 bridgehead atoms. The van der Waals surface area contributed by atoms with E-state index in [0.717, 1.165) is 5.69 Å². The van der Waals surface area contributed by atoms with Gasteiger partial charge in [-0.3, -0.25) is 9.78 Å². The Balaban J connectivity index is 1.82. The fourth-order valence-corrected chi connectivity index (χ4v) is 1.93. The summed E-state index contributed by atoms with van der Waals surface area (Å²) in [5.41, 5.74) is 1.38. The number of hydrogen-bond donors (Lipinski definition) is 2. The summed E-state index contributed by atoms with van der Waals surface area (Å²) in [6, 6.07) is 10.5.